The van der Waals surface area contributed by atoms with E-state index >= 15 is 0 Å². The number of hydrogen-bond acceptors (Lipinski definition) is 7. The van der Waals surface area contributed by atoms with Gasteiger partial charge in [0.05, 0.1) is 0 Å². The predicted molar refractivity (Wildman–Crippen MR) is 90.3 cm³/mol. The summed E-state index contributed by atoms with van der Waals surface area (Å²) in [5, 5.41) is 7.72. The van der Waals surface area contributed by atoms with E-state index in [1.807, 2.05) is 12.1 Å². The molecule has 0 spiro atoms. The Bertz CT molecular complexity index is 858. The number of hydrogen-bond donors (Lipinski definition) is 1. The Morgan fingerprint density at radius 2 is 1.96 bits per heavy atom. The van der Waals surface area contributed by atoms with Crippen molar-refractivity contribution in [3.8, 4) is 11.1 Å². The number of nitrogen functional groups attached to an aromatic ring is 1. The second-order valence-electron chi connectivity index (χ2n) is 5.98. The monoisotopic (exact) mass is 340 g/mol. The summed E-state index contributed by atoms with van der Waals surface area (Å²) in [6.45, 7) is 1.62. The van der Waals surface area contributed by atoms with E-state index in [2.05, 4.69) is 25.1 Å². The molecule has 1 fully saturated rings. The van der Waals surface area contributed by atoms with Gasteiger partial charge >= 0.3 is 6.01 Å². The molecule has 4 rings (SSSR count). The molecule has 0 radical (unpaired) electrons. The first-order valence-corrected chi connectivity index (χ1v) is 8.11. The van der Waals surface area contributed by atoms with Gasteiger partial charge in [0.2, 0.25) is 11.8 Å². The van der Waals surface area contributed by atoms with E-state index in [1.54, 1.807) is 12.3 Å². The molecule has 0 atom stereocenters. The number of aromatic nitrogens is 4. The zero-order valence-corrected chi connectivity index (χ0v) is 13.5. The molecule has 7 nitrogen and oxygen atoms in total. The number of anilines is 2. The number of piperidine rings is 1. The van der Waals surface area contributed by atoms with E-state index in [0.717, 1.165) is 42.9 Å². The molecule has 8 heteroatoms. The van der Waals surface area contributed by atoms with E-state index in [0.29, 0.717) is 5.89 Å². The third kappa shape index (κ3) is 3.15. The molecule has 4 heterocycles. The Morgan fingerprint density at radius 3 is 2.64 bits per heavy atom. The molecule has 1 saturated heterocycles. The predicted octanol–water partition coefficient (Wildman–Crippen LogP) is 2.63. The SMILES string of the molecule is Nc1nnc(C2CCN(c3ncccc3-c3ccc(F)nc3)CC2)o1. The minimum atomic E-state index is -0.492. The summed E-state index contributed by atoms with van der Waals surface area (Å²) >= 11 is 0. The fourth-order valence-electron chi connectivity index (χ4n) is 3.16. The Morgan fingerprint density at radius 1 is 1.12 bits per heavy atom. The van der Waals surface area contributed by atoms with Crippen LogP contribution in [0.1, 0.15) is 24.7 Å². The average Bonchev–Trinajstić information content (AvgIpc) is 3.09. The molecule has 128 valence electrons. The summed E-state index contributed by atoms with van der Waals surface area (Å²) in [7, 11) is 0. The maximum Gasteiger partial charge on any atom is 0.312 e. The highest BCUT2D eigenvalue weighted by Gasteiger charge is 2.26. The lowest BCUT2D eigenvalue weighted by atomic mass is 9.96. The van der Waals surface area contributed by atoms with Gasteiger partial charge in [-0.15, -0.1) is 5.10 Å². The lowest BCUT2D eigenvalue weighted by molar-refractivity contribution is 0.399. The Kier molecular flexibility index (Phi) is 4.01. The zero-order chi connectivity index (χ0) is 17.2. The van der Waals surface area contributed by atoms with Crippen molar-refractivity contribution in [3.63, 3.8) is 0 Å². The fraction of sp³-hybridized carbons (Fsp3) is 0.294. The zero-order valence-electron chi connectivity index (χ0n) is 13.5. The van der Waals surface area contributed by atoms with Gasteiger partial charge in [-0.05, 0) is 37.1 Å². The summed E-state index contributed by atoms with van der Waals surface area (Å²) in [4.78, 5) is 10.5. The summed E-state index contributed by atoms with van der Waals surface area (Å²) in [5.41, 5.74) is 7.29. The molecule has 0 aliphatic carbocycles. The molecule has 0 saturated carbocycles. The van der Waals surface area contributed by atoms with Crippen molar-refractivity contribution in [2.24, 2.45) is 0 Å². The topological polar surface area (TPSA) is 94.0 Å². The number of pyridine rings is 2. The average molecular weight is 340 g/mol. The van der Waals surface area contributed by atoms with Crippen LogP contribution in [0.25, 0.3) is 11.1 Å². The maximum absolute atomic E-state index is 13.1. The summed E-state index contributed by atoms with van der Waals surface area (Å²) in [6, 6.07) is 7.03. The maximum atomic E-state index is 13.1. The Balaban J connectivity index is 1.54. The molecule has 1 aliphatic rings. The smallest absolute Gasteiger partial charge is 0.312 e. The van der Waals surface area contributed by atoms with Gasteiger partial charge in [0, 0.05) is 42.5 Å². The van der Waals surface area contributed by atoms with Crippen LogP contribution < -0.4 is 10.6 Å². The highest BCUT2D eigenvalue weighted by Crippen LogP contribution is 2.33. The molecule has 2 N–H and O–H groups in total. The molecule has 3 aromatic rings. The molecule has 0 unspecified atom stereocenters. The van der Waals surface area contributed by atoms with Crippen LogP contribution in [0.15, 0.2) is 41.1 Å². The number of nitrogens with two attached hydrogens (primary N) is 1. The molecular formula is C17H17FN6O. The normalized spacial score (nSPS) is 15.5. The molecule has 3 aromatic heterocycles. The summed E-state index contributed by atoms with van der Waals surface area (Å²) in [6.07, 6.45) is 5.04. The standard InChI is InChI=1S/C17H17FN6O/c18-14-4-3-12(10-21-14)13-2-1-7-20-15(13)24-8-5-11(6-9-24)16-22-23-17(19)25-16/h1-4,7,10-11H,5-6,8-9H2,(H2,19,23). The summed E-state index contributed by atoms with van der Waals surface area (Å²) < 4.78 is 18.4. The third-order valence-electron chi connectivity index (χ3n) is 4.43. The number of halogens is 1. The lowest BCUT2D eigenvalue weighted by Gasteiger charge is -2.32. The molecule has 0 bridgehead atoms. The van der Waals surface area contributed by atoms with Gasteiger partial charge in [-0.2, -0.15) is 4.39 Å². The van der Waals surface area contributed by atoms with Crippen molar-refractivity contribution in [2.45, 2.75) is 18.8 Å². The van der Waals surface area contributed by atoms with Crippen LogP contribution >= 0.6 is 0 Å². The van der Waals surface area contributed by atoms with Crippen molar-refractivity contribution < 1.29 is 8.81 Å². The second kappa shape index (κ2) is 6.46. The van der Waals surface area contributed by atoms with Gasteiger partial charge in [0.1, 0.15) is 5.82 Å². The van der Waals surface area contributed by atoms with Crippen LogP contribution in [-0.2, 0) is 0 Å². The Labute approximate surface area is 143 Å². The van der Waals surface area contributed by atoms with Crippen LogP contribution in [0, 0.1) is 5.95 Å². The van der Waals surface area contributed by atoms with Gasteiger partial charge in [-0.25, -0.2) is 9.97 Å². The quantitative estimate of drug-likeness (QED) is 0.732. The molecule has 25 heavy (non-hydrogen) atoms. The van der Waals surface area contributed by atoms with E-state index in [9.17, 15) is 4.39 Å². The van der Waals surface area contributed by atoms with E-state index in [1.165, 1.54) is 12.3 Å². The minimum Gasteiger partial charge on any atom is -0.408 e. The molecule has 1 aliphatic heterocycles. The van der Waals surface area contributed by atoms with Crippen molar-refractivity contribution >= 4 is 11.8 Å². The van der Waals surface area contributed by atoms with E-state index < -0.39 is 5.95 Å². The van der Waals surface area contributed by atoms with Gasteiger partial charge in [0.15, 0.2) is 0 Å². The van der Waals surface area contributed by atoms with Gasteiger partial charge < -0.3 is 15.1 Å². The first kappa shape index (κ1) is 15.5. The first-order valence-electron chi connectivity index (χ1n) is 8.11. The summed E-state index contributed by atoms with van der Waals surface area (Å²) in [5.74, 6) is 1.19. The fourth-order valence-corrected chi connectivity index (χ4v) is 3.16. The number of rotatable bonds is 3. The minimum absolute atomic E-state index is 0.105. The van der Waals surface area contributed by atoms with Gasteiger partial charge in [-0.3, -0.25) is 0 Å². The van der Waals surface area contributed by atoms with Gasteiger partial charge in [-0.1, -0.05) is 5.10 Å². The van der Waals surface area contributed by atoms with Crippen LogP contribution in [0.3, 0.4) is 0 Å². The van der Waals surface area contributed by atoms with Crippen molar-refractivity contribution in [2.75, 3.05) is 23.7 Å². The molecular weight excluding hydrogens is 323 g/mol. The Hall–Kier alpha value is -3.03. The third-order valence-corrected chi connectivity index (χ3v) is 4.43. The largest absolute Gasteiger partial charge is 0.408 e. The van der Waals surface area contributed by atoms with E-state index in [4.69, 9.17) is 10.2 Å². The lowest BCUT2D eigenvalue weighted by Crippen LogP contribution is -2.34. The van der Waals surface area contributed by atoms with E-state index in [-0.39, 0.29) is 11.9 Å². The van der Waals surface area contributed by atoms with Crippen LogP contribution in [0.4, 0.5) is 16.2 Å². The van der Waals surface area contributed by atoms with Crippen LogP contribution in [0.2, 0.25) is 0 Å². The van der Waals surface area contributed by atoms with Crippen LogP contribution in [-0.4, -0.2) is 33.3 Å². The highest BCUT2D eigenvalue weighted by atomic mass is 19.1. The highest BCUT2D eigenvalue weighted by molar-refractivity contribution is 5.75. The van der Waals surface area contributed by atoms with Gasteiger partial charge in [0.25, 0.3) is 0 Å². The van der Waals surface area contributed by atoms with Crippen molar-refractivity contribution in [1.29, 1.82) is 0 Å². The molecule has 0 aromatic carbocycles. The van der Waals surface area contributed by atoms with Crippen molar-refractivity contribution in [1.82, 2.24) is 20.2 Å². The first-order chi connectivity index (χ1) is 12.2. The number of nitrogens with zero attached hydrogens (tertiary/aromatic N) is 5. The van der Waals surface area contributed by atoms with Crippen molar-refractivity contribution in [3.05, 3.63) is 48.5 Å². The second-order valence-corrected chi connectivity index (χ2v) is 5.98. The van der Waals surface area contributed by atoms with Crippen LogP contribution in [0.5, 0.6) is 0 Å². The molecule has 0 amide bonds.